The van der Waals surface area contributed by atoms with Crippen LogP contribution in [0, 0.1) is 0 Å². The predicted molar refractivity (Wildman–Crippen MR) is 86.6 cm³/mol. The van der Waals surface area contributed by atoms with Crippen molar-refractivity contribution >= 4 is 17.8 Å². The van der Waals surface area contributed by atoms with Gasteiger partial charge in [0.05, 0.1) is 0 Å². The van der Waals surface area contributed by atoms with Crippen molar-refractivity contribution in [1.29, 1.82) is 0 Å². The first-order valence-electron chi connectivity index (χ1n) is 7.00. The highest BCUT2D eigenvalue weighted by Crippen LogP contribution is 2.13. The number of rotatable bonds is 7. The van der Waals surface area contributed by atoms with Gasteiger partial charge in [0.1, 0.15) is 19.4 Å². The molecule has 1 heterocycles. The third-order valence-corrected chi connectivity index (χ3v) is 3.03. The highest BCUT2D eigenvalue weighted by molar-refractivity contribution is 5.70. The quantitative estimate of drug-likeness (QED) is 0.825. The number of pyridine rings is 1. The number of anilines is 1. The van der Waals surface area contributed by atoms with Gasteiger partial charge in [-0.15, -0.1) is 0 Å². The molecule has 0 amide bonds. The Balaban J connectivity index is 1.93. The highest BCUT2D eigenvalue weighted by atomic mass is 19.1. The molecule has 0 aliphatic heterocycles. The molecule has 1 aromatic carbocycles. The Morgan fingerprint density at radius 1 is 1.18 bits per heavy atom. The van der Waals surface area contributed by atoms with Gasteiger partial charge in [-0.25, -0.2) is 9.37 Å². The van der Waals surface area contributed by atoms with Crippen LogP contribution >= 0.6 is 0 Å². The molecule has 0 bridgehead atoms. The summed E-state index contributed by atoms with van der Waals surface area (Å²) >= 11 is 0. The van der Waals surface area contributed by atoms with E-state index in [1.54, 1.807) is 12.3 Å². The van der Waals surface area contributed by atoms with E-state index < -0.39 is 12.8 Å². The summed E-state index contributed by atoms with van der Waals surface area (Å²) in [6.45, 7) is -0.927. The Kier molecular flexibility index (Phi) is 5.91. The zero-order chi connectivity index (χ0) is 15.8. The fourth-order valence-electron chi connectivity index (χ4n) is 1.76. The van der Waals surface area contributed by atoms with E-state index in [1.165, 1.54) is 0 Å². The lowest BCUT2D eigenvalue weighted by atomic mass is 10.1. The molecular weight excluding hydrogens is 283 g/mol. The first kappa shape index (κ1) is 16.0. The third-order valence-electron chi connectivity index (χ3n) is 3.03. The molecule has 116 valence electrons. The van der Waals surface area contributed by atoms with E-state index in [9.17, 15) is 4.39 Å². The fourth-order valence-corrected chi connectivity index (χ4v) is 1.76. The second kappa shape index (κ2) is 8.14. The average molecular weight is 302 g/mol. The van der Waals surface area contributed by atoms with E-state index >= 15 is 0 Å². The largest absolute Gasteiger partial charge is 0.475 e. The topological polar surface area (TPSA) is 54.4 Å². The molecule has 2 aromatic rings. The second-order valence-electron chi connectivity index (χ2n) is 4.75. The minimum atomic E-state index is -1.11. The van der Waals surface area contributed by atoms with E-state index in [4.69, 9.17) is 9.84 Å². The maximum Gasteiger partial charge on any atom is 0.213 e. The van der Waals surface area contributed by atoms with Crippen LogP contribution in [0.4, 0.5) is 10.1 Å². The molecule has 2 rings (SSSR count). The maximum atomic E-state index is 12.1. The van der Waals surface area contributed by atoms with Gasteiger partial charge >= 0.3 is 0 Å². The molecule has 4 nitrogen and oxygen atoms in total. The summed E-state index contributed by atoms with van der Waals surface area (Å²) in [4.78, 5) is 4.11. The number of hydrogen-bond donors (Lipinski definition) is 2. The Hall–Kier alpha value is -2.40. The van der Waals surface area contributed by atoms with Gasteiger partial charge in [-0.3, -0.25) is 0 Å². The Morgan fingerprint density at radius 3 is 2.45 bits per heavy atom. The Labute approximate surface area is 129 Å². The van der Waals surface area contributed by atoms with E-state index in [0.717, 1.165) is 16.8 Å². The number of benzene rings is 1. The number of nitrogens with zero attached hydrogens (tertiary/aromatic N) is 1. The molecule has 22 heavy (non-hydrogen) atoms. The third kappa shape index (κ3) is 4.86. The lowest BCUT2D eigenvalue weighted by Gasteiger charge is -2.07. The number of nitrogens with one attached hydrogen (secondary N) is 1. The molecular formula is C17H19FN2O2. The van der Waals surface area contributed by atoms with Crippen LogP contribution in [0.15, 0.2) is 42.6 Å². The monoisotopic (exact) mass is 302 g/mol. The molecule has 2 N–H and O–H groups in total. The summed E-state index contributed by atoms with van der Waals surface area (Å²) in [5, 5.41) is 12.1. The summed E-state index contributed by atoms with van der Waals surface area (Å²) < 4.78 is 17.3. The van der Waals surface area contributed by atoms with Crippen LogP contribution in [0.3, 0.4) is 0 Å². The van der Waals surface area contributed by atoms with Crippen molar-refractivity contribution < 1.29 is 14.2 Å². The van der Waals surface area contributed by atoms with Crippen LogP contribution in [0.2, 0.25) is 0 Å². The molecule has 1 atom stereocenters. The lowest BCUT2D eigenvalue weighted by Crippen LogP contribution is -2.19. The molecule has 5 heteroatoms. The van der Waals surface area contributed by atoms with E-state index in [-0.39, 0.29) is 6.61 Å². The molecule has 0 spiro atoms. The van der Waals surface area contributed by atoms with Gasteiger partial charge < -0.3 is 15.2 Å². The van der Waals surface area contributed by atoms with Crippen molar-refractivity contribution in [3.63, 3.8) is 0 Å². The summed E-state index contributed by atoms with van der Waals surface area (Å²) in [5.74, 6) is 0.364. The lowest BCUT2D eigenvalue weighted by molar-refractivity contribution is 0.0821. The van der Waals surface area contributed by atoms with Gasteiger partial charge in [-0.2, -0.15) is 0 Å². The van der Waals surface area contributed by atoms with Crippen LogP contribution in [0.25, 0.3) is 12.2 Å². The number of hydrogen-bond acceptors (Lipinski definition) is 4. The van der Waals surface area contributed by atoms with Gasteiger partial charge in [-0.1, -0.05) is 24.3 Å². The molecule has 0 radical (unpaired) electrons. The van der Waals surface area contributed by atoms with Crippen molar-refractivity contribution in [2.75, 3.05) is 25.6 Å². The van der Waals surface area contributed by atoms with E-state index in [2.05, 4.69) is 10.3 Å². The molecule has 0 fully saturated rings. The number of halogens is 1. The normalized spacial score (nSPS) is 12.3. The molecule has 1 aromatic heterocycles. The van der Waals surface area contributed by atoms with Crippen LogP contribution in [-0.4, -0.2) is 36.5 Å². The molecule has 0 saturated heterocycles. The first-order chi connectivity index (χ1) is 10.7. The Bertz CT molecular complexity index is 597. The molecule has 0 aliphatic rings. The van der Waals surface area contributed by atoms with Gasteiger partial charge in [0.15, 0.2) is 0 Å². The van der Waals surface area contributed by atoms with Crippen LogP contribution < -0.4 is 10.1 Å². The molecule has 0 saturated carbocycles. The zero-order valence-corrected chi connectivity index (χ0v) is 12.4. The van der Waals surface area contributed by atoms with E-state index in [0.29, 0.717) is 5.88 Å². The van der Waals surface area contributed by atoms with Gasteiger partial charge in [0, 0.05) is 25.0 Å². The van der Waals surface area contributed by atoms with E-state index in [1.807, 2.05) is 49.5 Å². The summed E-state index contributed by atoms with van der Waals surface area (Å²) in [7, 11) is 1.88. The van der Waals surface area contributed by atoms with Crippen molar-refractivity contribution in [2.24, 2.45) is 0 Å². The summed E-state index contributed by atoms with van der Waals surface area (Å²) in [6, 6.07) is 11.6. The first-order valence-corrected chi connectivity index (χ1v) is 7.00. The number of ether oxygens (including phenoxy) is 1. The van der Waals surface area contributed by atoms with Crippen molar-refractivity contribution in [3.8, 4) is 5.88 Å². The minimum Gasteiger partial charge on any atom is -0.475 e. The maximum absolute atomic E-state index is 12.1. The summed E-state index contributed by atoms with van der Waals surface area (Å²) in [5.41, 5.74) is 3.08. The zero-order valence-electron chi connectivity index (χ0n) is 12.4. The number of aromatic nitrogens is 1. The van der Waals surface area contributed by atoms with Crippen LogP contribution in [0.1, 0.15) is 11.1 Å². The number of alkyl halides is 1. The average Bonchev–Trinajstić information content (AvgIpc) is 2.59. The van der Waals surface area contributed by atoms with Gasteiger partial charge in [0.25, 0.3) is 0 Å². The van der Waals surface area contributed by atoms with Crippen LogP contribution in [0.5, 0.6) is 5.88 Å². The fraction of sp³-hybridized carbons (Fsp3) is 0.235. The van der Waals surface area contributed by atoms with Gasteiger partial charge in [0.2, 0.25) is 5.88 Å². The predicted octanol–water partition coefficient (Wildman–Crippen LogP) is 3.00. The highest BCUT2D eigenvalue weighted by Gasteiger charge is 2.04. The minimum absolute atomic E-state index is 0.101. The van der Waals surface area contributed by atoms with Crippen molar-refractivity contribution in [2.45, 2.75) is 6.10 Å². The number of aliphatic hydroxyl groups excluding tert-OH is 1. The summed E-state index contributed by atoms with van der Waals surface area (Å²) in [6.07, 6.45) is 4.49. The second-order valence-corrected chi connectivity index (χ2v) is 4.75. The smallest absolute Gasteiger partial charge is 0.213 e. The number of aliphatic hydroxyl groups is 1. The SMILES string of the molecule is CNc1ccc(C=Cc2ccc(OCC(O)CF)nc2)cc1. The van der Waals surface area contributed by atoms with Crippen molar-refractivity contribution in [1.82, 2.24) is 4.98 Å². The molecule has 0 aliphatic carbocycles. The molecule has 1 unspecified atom stereocenters. The van der Waals surface area contributed by atoms with Gasteiger partial charge in [-0.05, 0) is 29.3 Å². The van der Waals surface area contributed by atoms with Crippen LogP contribution in [-0.2, 0) is 0 Å². The standard InChI is InChI=1S/C17H19FN2O2/c1-19-15-7-4-13(5-8-15)2-3-14-6-9-17(20-11-14)22-12-16(21)10-18/h2-9,11,16,19,21H,10,12H2,1H3. The van der Waals surface area contributed by atoms with Crippen molar-refractivity contribution in [3.05, 3.63) is 53.7 Å². The Morgan fingerprint density at radius 2 is 1.86 bits per heavy atom.